The summed E-state index contributed by atoms with van der Waals surface area (Å²) < 4.78 is 0.810. The van der Waals surface area contributed by atoms with Crippen LogP contribution < -0.4 is 0 Å². The Morgan fingerprint density at radius 1 is 1.07 bits per heavy atom. The van der Waals surface area contributed by atoms with Crippen LogP contribution in [0.3, 0.4) is 0 Å². The summed E-state index contributed by atoms with van der Waals surface area (Å²) in [6, 6.07) is 0. The van der Waals surface area contributed by atoms with Gasteiger partial charge in [0.1, 0.15) is 3.53 Å². The second-order valence-corrected chi connectivity index (χ2v) is 7.25. The number of hydrogen-bond acceptors (Lipinski definition) is 7. The van der Waals surface area contributed by atoms with Gasteiger partial charge in [0.2, 0.25) is 0 Å². The average Bonchev–Trinajstić information content (AvgIpc) is 2.22. The molecule has 0 heterocycles. The third-order valence-corrected chi connectivity index (χ3v) is 5.42. The molecule has 2 nitrogen and oxygen atoms in total. The van der Waals surface area contributed by atoms with E-state index in [2.05, 4.69) is 25.3 Å². The molecule has 0 saturated carbocycles. The van der Waals surface area contributed by atoms with Crippen molar-refractivity contribution in [3.8, 4) is 0 Å². The molecule has 0 radical (unpaired) electrons. The number of rotatable bonds is 6. The van der Waals surface area contributed by atoms with Crippen molar-refractivity contribution < 1.29 is 10.2 Å². The highest BCUT2D eigenvalue weighted by molar-refractivity contribution is 8.47. The number of thiol groups is 2. The van der Waals surface area contributed by atoms with Crippen LogP contribution in [0.4, 0.5) is 0 Å². The molecule has 84 valence electrons. The molecule has 0 aliphatic heterocycles. The monoisotopic (exact) mass is 290 g/mol. The molecule has 0 bridgehead atoms. The number of aliphatic hydroxyl groups is 2. The van der Waals surface area contributed by atoms with Gasteiger partial charge in [-0.25, -0.2) is 0 Å². The minimum absolute atomic E-state index is 0.0248. The lowest BCUT2D eigenvalue weighted by atomic mass is 10.5. The molecule has 0 spiro atoms. The summed E-state index contributed by atoms with van der Waals surface area (Å²) in [4.78, 5) is 0. The SMILES string of the molecule is OCC(S)CSC(=S)SCC(S)CO. The molecular formula is C7H14O2S5. The van der Waals surface area contributed by atoms with E-state index in [0.717, 1.165) is 3.53 Å². The molecule has 0 aromatic rings. The van der Waals surface area contributed by atoms with Gasteiger partial charge in [-0.1, -0.05) is 12.2 Å². The molecule has 0 aliphatic carbocycles. The smallest absolute Gasteiger partial charge is 0.104 e. The fraction of sp³-hybridized carbons (Fsp3) is 0.857. The predicted octanol–water partition coefficient (Wildman–Crippen LogP) is 1.32. The third-order valence-electron chi connectivity index (χ3n) is 1.21. The number of aliphatic hydroxyl groups excluding tert-OH is 2. The highest BCUT2D eigenvalue weighted by Crippen LogP contribution is 2.21. The minimum Gasteiger partial charge on any atom is -0.395 e. The van der Waals surface area contributed by atoms with E-state index >= 15 is 0 Å². The zero-order valence-corrected chi connectivity index (χ0v) is 11.7. The van der Waals surface area contributed by atoms with Gasteiger partial charge in [0.15, 0.2) is 0 Å². The Morgan fingerprint density at radius 3 is 1.71 bits per heavy atom. The molecule has 0 amide bonds. The molecule has 2 N–H and O–H groups in total. The third kappa shape index (κ3) is 8.70. The Kier molecular flexibility index (Phi) is 10.6. The second kappa shape index (κ2) is 9.62. The van der Waals surface area contributed by atoms with Crippen molar-refractivity contribution in [1.82, 2.24) is 0 Å². The molecule has 0 fully saturated rings. The van der Waals surface area contributed by atoms with E-state index < -0.39 is 0 Å². The van der Waals surface area contributed by atoms with Gasteiger partial charge in [0, 0.05) is 22.0 Å². The van der Waals surface area contributed by atoms with Crippen molar-refractivity contribution in [3.05, 3.63) is 0 Å². The lowest BCUT2D eigenvalue weighted by Crippen LogP contribution is -2.10. The van der Waals surface area contributed by atoms with Gasteiger partial charge in [-0.2, -0.15) is 25.3 Å². The zero-order valence-electron chi connectivity index (χ0n) is 7.50. The second-order valence-electron chi connectivity index (χ2n) is 2.54. The summed E-state index contributed by atoms with van der Waals surface area (Å²) >= 11 is 16.4. The van der Waals surface area contributed by atoms with Crippen LogP contribution in [0.2, 0.25) is 0 Å². The molecule has 0 rings (SSSR count). The molecule has 2 unspecified atom stereocenters. The van der Waals surface area contributed by atoms with Crippen LogP contribution in [0.5, 0.6) is 0 Å². The quantitative estimate of drug-likeness (QED) is 0.439. The fourth-order valence-electron chi connectivity index (χ4n) is 0.476. The van der Waals surface area contributed by atoms with Crippen molar-refractivity contribution in [2.75, 3.05) is 24.7 Å². The van der Waals surface area contributed by atoms with Crippen LogP contribution >= 0.6 is 61.0 Å². The summed E-state index contributed by atoms with van der Waals surface area (Å²) in [5.41, 5.74) is 0. The highest BCUT2D eigenvalue weighted by atomic mass is 32.2. The predicted molar refractivity (Wildman–Crippen MR) is 77.2 cm³/mol. The first-order chi connectivity index (χ1) is 6.60. The van der Waals surface area contributed by atoms with Crippen LogP contribution in [0.1, 0.15) is 0 Å². The maximum atomic E-state index is 8.72. The number of thiocarbonyl (C=S) groups is 1. The largest absolute Gasteiger partial charge is 0.395 e. The summed E-state index contributed by atoms with van der Waals surface area (Å²) in [6.45, 7) is 0.129. The molecule has 0 saturated heterocycles. The van der Waals surface area contributed by atoms with E-state index in [1.807, 2.05) is 0 Å². The Labute approximate surface area is 109 Å². The van der Waals surface area contributed by atoms with E-state index in [-0.39, 0.29) is 23.7 Å². The van der Waals surface area contributed by atoms with Gasteiger partial charge >= 0.3 is 0 Å². The highest BCUT2D eigenvalue weighted by Gasteiger charge is 2.07. The van der Waals surface area contributed by atoms with Crippen molar-refractivity contribution >= 4 is 64.5 Å². The average molecular weight is 291 g/mol. The van der Waals surface area contributed by atoms with Gasteiger partial charge in [0.05, 0.1) is 13.2 Å². The Bertz CT molecular complexity index is 150. The van der Waals surface area contributed by atoms with Gasteiger partial charge in [-0.15, -0.1) is 23.5 Å². The van der Waals surface area contributed by atoms with E-state index in [1.54, 1.807) is 0 Å². The van der Waals surface area contributed by atoms with Crippen LogP contribution in [0.25, 0.3) is 0 Å². The topological polar surface area (TPSA) is 40.5 Å². The number of thioether (sulfide) groups is 2. The van der Waals surface area contributed by atoms with E-state index in [4.69, 9.17) is 22.4 Å². The first-order valence-electron chi connectivity index (χ1n) is 3.97. The normalized spacial score (nSPS) is 15.1. The van der Waals surface area contributed by atoms with Gasteiger partial charge in [-0.05, 0) is 0 Å². The molecule has 7 heteroatoms. The maximum absolute atomic E-state index is 8.72. The molecule has 14 heavy (non-hydrogen) atoms. The summed E-state index contributed by atoms with van der Waals surface area (Å²) in [5.74, 6) is 1.42. The minimum atomic E-state index is -0.0248. The summed E-state index contributed by atoms with van der Waals surface area (Å²) in [5, 5.41) is 17.4. The van der Waals surface area contributed by atoms with E-state index in [9.17, 15) is 0 Å². The van der Waals surface area contributed by atoms with Gasteiger partial charge < -0.3 is 10.2 Å². The first kappa shape index (κ1) is 15.4. The zero-order chi connectivity index (χ0) is 11.0. The van der Waals surface area contributed by atoms with Crippen LogP contribution in [-0.4, -0.2) is 49.0 Å². The fourth-order valence-corrected chi connectivity index (χ4v) is 2.94. The van der Waals surface area contributed by atoms with Crippen LogP contribution in [0.15, 0.2) is 0 Å². The molecule has 0 aliphatic rings. The summed E-state index contributed by atoms with van der Waals surface area (Å²) in [6.07, 6.45) is 0. The molecule has 2 atom stereocenters. The lowest BCUT2D eigenvalue weighted by molar-refractivity contribution is 0.301. The standard InChI is InChI=1S/C7H14O2S5/c8-1-5(10)3-13-7(12)14-4-6(11)2-9/h5-6,8-11H,1-4H2. The number of hydrogen-bond donors (Lipinski definition) is 4. The molecule has 0 aromatic heterocycles. The lowest BCUT2D eigenvalue weighted by Gasteiger charge is -2.09. The maximum Gasteiger partial charge on any atom is 0.104 e. The van der Waals surface area contributed by atoms with Crippen LogP contribution in [-0.2, 0) is 0 Å². The first-order valence-corrected chi connectivity index (χ1v) is 7.38. The Hall–Kier alpha value is 1.41. The van der Waals surface area contributed by atoms with Crippen molar-refractivity contribution in [2.45, 2.75) is 10.5 Å². The molecular weight excluding hydrogens is 276 g/mol. The van der Waals surface area contributed by atoms with Crippen molar-refractivity contribution in [2.24, 2.45) is 0 Å². The van der Waals surface area contributed by atoms with E-state index in [1.165, 1.54) is 23.5 Å². The Balaban J connectivity index is 3.46. The van der Waals surface area contributed by atoms with Gasteiger partial charge in [-0.3, -0.25) is 0 Å². The van der Waals surface area contributed by atoms with Crippen LogP contribution in [0, 0.1) is 0 Å². The summed E-state index contributed by atoms with van der Waals surface area (Å²) in [7, 11) is 0. The van der Waals surface area contributed by atoms with Crippen molar-refractivity contribution in [1.29, 1.82) is 0 Å². The molecule has 0 aromatic carbocycles. The Morgan fingerprint density at radius 2 is 1.43 bits per heavy atom. The van der Waals surface area contributed by atoms with Gasteiger partial charge in [0.25, 0.3) is 0 Å². The van der Waals surface area contributed by atoms with Crippen molar-refractivity contribution in [3.63, 3.8) is 0 Å². The van der Waals surface area contributed by atoms with E-state index in [0.29, 0.717) is 11.5 Å².